The van der Waals surface area contributed by atoms with Crippen molar-refractivity contribution in [3.63, 3.8) is 0 Å². The van der Waals surface area contributed by atoms with Crippen molar-refractivity contribution in [3.8, 4) is 16.8 Å². The summed E-state index contributed by atoms with van der Waals surface area (Å²) < 4.78 is 15.5. The molecule has 0 amide bonds. The highest BCUT2D eigenvalue weighted by atomic mass is 16.7. The Morgan fingerprint density at radius 3 is 1.68 bits per heavy atom. The summed E-state index contributed by atoms with van der Waals surface area (Å²) in [5.41, 5.74) is 10.9. The summed E-state index contributed by atoms with van der Waals surface area (Å²) in [6, 6.07) is 53.3. The van der Waals surface area contributed by atoms with Crippen molar-refractivity contribution in [2.24, 2.45) is 0 Å². The monoisotopic (exact) mass is 609 g/mol. The molecule has 1 aliphatic heterocycles. The maximum Gasteiger partial charge on any atom is 0.494 e. The molecule has 47 heavy (non-hydrogen) atoms. The van der Waals surface area contributed by atoms with E-state index in [2.05, 4.69) is 178 Å². The largest absolute Gasteiger partial charge is 0.494 e. The van der Waals surface area contributed by atoms with E-state index in [0.717, 1.165) is 16.7 Å². The molecule has 2 aliphatic rings. The van der Waals surface area contributed by atoms with Crippen LogP contribution in [0.5, 0.6) is 0 Å². The van der Waals surface area contributed by atoms with Gasteiger partial charge in [0.15, 0.2) is 0 Å². The second kappa shape index (κ2) is 10.1. The standard InChI is InChI=1S/C43H36BNO2/c1-41(2)42(3,4)47-44(46-41)31-24-25-39-35(26-31)36-27-38-34(28-40(36)45(39)32-20-12-7-13-21-32)33-22-14-15-23-37(33)43(38,29-16-8-5-9-17-29)30-18-10-6-11-19-30/h5-28H,1-4H3. The minimum Gasteiger partial charge on any atom is -0.399 e. The molecule has 1 aromatic heterocycles. The topological polar surface area (TPSA) is 23.4 Å². The molecule has 1 aliphatic carbocycles. The van der Waals surface area contributed by atoms with Crippen molar-refractivity contribution in [1.82, 2.24) is 4.57 Å². The van der Waals surface area contributed by atoms with Crippen molar-refractivity contribution in [2.75, 3.05) is 0 Å². The number of hydrogen-bond donors (Lipinski definition) is 0. The molecule has 2 heterocycles. The Labute approximate surface area is 276 Å². The smallest absolute Gasteiger partial charge is 0.399 e. The molecule has 0 radical (unpaired) electrons. The van der Waals surface area contributed by atoms with Gasteiger partial charge in [0.05, 0.1) is 27.7 Å². The Morgan fingerprint density at radius 1 is 0.489 bits per heavy atom. The van der Waals surface area contributed by atoms with E-state index in [1.165, 1.54) is 49.7 Å². The molecule has 7 aromatic rings. The van der Waals surface area contributed by atoms with Crippen LogP contribution < -0.4 is 5.46 Å². The zero-order chi connectivity index (χ0) is 32.0. The molecule has 1 saturated heterocycles. The predicted molar refractivity (Wildman–Crippen MR) is 194 cm³/mol. The lowest BCUT2D eigenvalue weighted by molar-refractivity contribution is 0.00578. The fourth-order valence-corrected chi connectivity index (χ4v) is 7.95. The quantitative estimate of drug-likeness (QED) is 0.186. The van der Waals surface area contributed by atoms with E-state index in [0.29, 0.717) is 0 Å². The molecule has 0 spiro atoms. The molecule has 0 unspecified atom stereocenters. The van der Waals surface area contributed by atoms with Crippen LogP contribution in [0, 0.1) is 0 Å². The van der Waals surface area contributed by atoms with E-state index in [9.17, 15) is 0 Å². The number of hydrogen-bond acceptors (Lipinski definition) is 2. The number of aromatic nitrogens is 1. The van der Waals surface area contributed by atoms with Crippen LogP contribution in [0.25, 0.3) is 38.6 Å². The predicted octanol–water partition coefficient (Wildman–Crippen LogP) is 9.45. The number of nitrogens with zero attached hydrogens (tertiary/aromatic N) is 1. The Bertz CT molecular complexity index is 2250. The molecular weight excluding hydrogens is 573 g/mol. The van der Waals surface area contributed by atoms with Gasteiger partial charge in [-0.2, -0.15) is 0 Å². The molecule has 0 saturated carbocycles. The van der Waals surface area contributed by atoms with Gasteiger partial charge in [0.25, 0.3) is 0 Å². The average Bonchev–Trinajstić information content (AvgIpc) is 3.66. The van der Waals surface area contributed by atoms with Crippen LogP contribution in [0.15, 0.2) is 146 Å². The van der Waals surface area contributed by atoms with Crippen LogP contribution >= 0.6 is 0 Å². The summed E-state index contributed by atoms with van der Waals surface area (Å²) in [5.74, 6) is 0. The Kier molecular flexibility index (Phi) is 6.06. The summed E-state index contributed by atoms with van der Waals surface area (Å²) in [7, 11) is -0.439. The van der Waals surface area contributed by atoms with Gasteiger partial charge in [0.2, 0.25) is 0 Å². The van der Waals surface area contributed by atoms with Crippen LogP contribution in [-0.4, -0.2) is 22.9 Å². The molecule has 3 nitrogen and oxygen atoms in total. The van der Waals surface area contributed by atoms with E-state index >= 15 is 0 Å². The van der Waals surface area contributed by atoms with Crippen molar-refractivity contribution >= 4 is 34.4 Å². The molecule has 0 bridgehead atoms. The van der Waals surface area contributed by atoms with Gasteiger partial charge in [0.1, 0.15) is 0 Å². The van der Waals surface area contributed by atoms with Gasteiger partial charge in [-0.3, -0.25) is 0 Å². The van der Waals surface area contributed by atoms with Gasteiger partial charge < -0.3 is 13.9 Å². The second-order valence-corrected chi connectivity index (χ2v) is 14.0. The zero-order valence-corrected chi connectivity index (χ0v) is 27.2. The molecule has 0 N–H and O–H groups in total. The molecule has 9 rings (SSSR count). The molecule has 6 aromatic carbocycles. The van der Waals surface area contributed by atoms with Crippen LogP contribution in [0.1, 0.15) is 49.9 Å². The van der Waals surface area contributed by atoms with Crippen LogP contribution in [0.4, 0.5) is 0 Å². The highest BCUT2D eigenvalue weighted by Crippen LogP contribution is 2.57. The van der Waals surface area contributed by atoms with E-state index < -0.39 is 23.7 Å². The molecule has 228 valence electrons. The van der Waals surface area contributed by atoms with Crippen molar-refractivity contribution in [1.29, 1.82) is 0 Å². The first-order valence-electron chi connectivity index (χ1n) is 16.5. The highest BCUT2D eigenvalue weighted by molar-refractivity contribution is 6.62. The summed E-state index contributed by atoms with van der Waals surface area (Å²) in [6.07, 6.45) is 0. The van der Waals surface area contributed by atoms with Gasteiger partial charge >= 0.3 is 7.12 Å². The summed E-state index contributed by atoms with van der Waals surface area (Å²) in [5, 5.41) is 2.40. The lowest BCUT2D eigenvalue weighted by atomic mass is 9.67. The second-order valence-electron chi connectivity index (χ2n) is 14.0. The Hall–Kier alpha value is -4.90. The van der Waals surface area contributed by atoms with Gasteiger partial charge in [-0.1, -0.05) is 115 Å². The van der Waals surface area contributed by atoms with Gasteiger partial charge in [-0.15, -0.1) is 0 Å². The van der Waals surface area contributed by atoms with Crippen molar-refractivity contribution in [2.45, 2.75) is 44.3 Å². The third kappa shape index (κ3) is 3.95. The van der Waals surface area contributed by atoms with Crippen molar-refractivity contribution < 1.29 is 9.31 Å². The maximum atomic E-state index is 6.54. The maximum absolute atomic E-state index is 6.54. The fraction of sp³-hybridized carbons (Fsp3) is 0.163. The molecule has 1 fully saturated rings. The summed E-state index contributed by atoms with van der Waals surface area (Å²) in [4.78, 5) is 0. The minimum absolute atomic E-state index is 0.414. The van der Waals surface area contributed by atoms with Crippen LogP contribution in [0.3, 0.4) is 0 Å². The highest BCUT2D eigenvalue weighted by Gasteiger charge is 2.52. The number of fused-ring (bicyclic) bond motifs is 6. The summed E-state index contributed by atoms with van der Waals surface area (Å²) >= 11 is 0. The average molecular weight is 610 g/mol. The third-order valence-electron chi connectivity index (χ3n) is 10.9. The first-order chi connectivity index (χ1) is 22.8. The van der Waals surface area contributed by atoms with E-state index in [1.54, 1.807) is 0 Å². The molecular formula is C43H36BNO2. The van der Waals surface area contributed by atoms with Crippen LogP contribution in [0.2, 0.25) is 0 Å². The van der Waals surface area contributed by atoms with Crippen molar-refractivity contribution in [3.05, 3.63) is 168 Å². The third-order valence-corrected chi connectivity index (χ3v) is 10.9. The van der Waals surface area contributed by atoms with Gasteiger partial charge in [-0.05, 0) is 96.9 Å². The van der Waals surface area contributed by atoms with E-state index in [-0.39, 0.29) is 0 Å². The SMILES string of the molecule is CC1(C)OB(c2ccc3c(c2)c2cc4c(cc2n3-c2ccccc2)-c2ccccc2C4(c2ccccc2)c2ccccc2)OC1(C)C. The summed E-state index contributed by atoms with van der Waals surface area (Å²) in [6.45, 7) is 8.45. The Morgan fingerprint density at radius 2 is 1.04 bits per heavy atom. The fourth-order valence-electron chi connectivity index (χ4n) is 7.95. The minimum atomic E-state index is -0.465. The lowest BCUT2D eigenvalue weighted by Crippen LogP contribution is -2.41. The first kappa shape index (κ1) is 28.3. The lowest BCUT2D eigenvalue weighted by Gasteiger charge is -2.34. The zero-order valence-electron chi connectivity index (χ0n) is 27.2. The normalized spacial score (nSPS) is 17.2. The van der Waals surface area contributed by atoms with Gasteiger partial charge in [-0.25, -0.2) is 0 Å². The molecule has 0 atom stereocenters. The van der Waals surface area contributed by atoms with E-state index in [4.69, 9.17) is 9.31 Å². The first-order valence-corrected chi connectivity index (χ1v) is 16.5. The number of para-hydroxylation sites is 1. The van der Waals surface area contributed by atoms with Gasteiger partial charge in [0, 0.05) is 16.5 Å². The number of benzene rings is 6. The number of rotatable bonds is 4. The van der Waals surface area contributed by atoms with Crippen LogP contribution in [-0.2, 0) is 14.7 Å². The molecule has 4 heteroatoms. The van der Waals surface area contributed by atoms with E-state index in [1.807, 2.05) is 0 Å². The Balaban J connectivity index is 1.39.